The second-order valence-corrected chi connectivity index (χ2v) is 5.58. The maximum atomic E-state index is 12.2. The number of carboxylic acid groups (broad SMARTS) is 1. The monoisotopic (exact) mass is 363 g/mol. The molecule has 0 bridgehead atoms. The highest BCUT2D eigenvalue weighted by Gasteiger charge is 2.14. The van der Waals surface area contributed by atoms with E-state index in [1.807, 2.05) is 24.3 Å². The fourth-order valence-electron chi connectivity index (χ4n) is 2.35. The maximum absolute atomic E-state index is 12.2. The van der Waals surface area contributed by atoms with E-state index in [2.05, 4.69) is 5.32 Å². The Morgan fingerprint density at radius 3 is 2.07 bits per heavy atom. The van der Waals surface area contributed by atoms with Crippen LogP contribution in [-0.4, -0.2) is 23.6 Å². The van der Waals surface area contributed by atoms with Crippen LogP contribution < -0.4 is 14.8 Å². The summed E-state index contributed by atoms with van der Waals surface area (Å²) in [6, 6.07) is 22.3. The molecule has 0 fully saturated rings. The van der Waals surface area contributed by atoms with Gasteiger partial charge >= 0.3 is 5.97 Å². The molecule has 0 saturated carbocycles. The normalized spacial score (nSPS) is 10.1. The zero-order valence-electron chi connectivity index (χ0n) is 14.3. The minimum atomic E-state index is -1.15. The molecule has 27 heavy (non-hydrogen) atoms. The predicted molar refractivity (Wildman–Crippen MR) is 100 cm³/mol. The quantitative estimate of drug-likeness (QED) is 0.657. The Hall–Kier alpha value is -3.80. The lowest BCUT2D eigenvalue weighted by Gasteiger charge is -2.12. The smallest absolute Gasteiger partial charge is 0.337 e. The third-order valence-electron chi connectivity index (χ3n) is 3.59. The molecule has 0 atom stereocenters. The molecule has 3 rings (SSSR count). The van der Waals surface area contributed by atoms with Crippen molar-refractivity contribution in [1.29, 1.82) is 0 Å². The van der Waals surface area contributed by atoms with Crippen molar-refractivity contribution in [2.45, 2.75) is 0 Å². The van der Waals surface area contributed by atoms with Crippen LogP contribution in [-0.2, 0) is 4.79 Å². The van der Waals surface area contributed by atoms with Crippen LogP contribution in [0.15, 0.2) is 78.9 Å². The standard InChI is InChI=1S/C21H17NO5/c23-20(14-26-15-7-3-1-4-8-15)22-19-13-17(11-12-18(19)21(24)25)27-16-9-5-2-6-10-16/h1-13H,14H2,(H,22,23)(H,24,25). The molecule has 0 aliphatic heterocycles. The van der Waals surface area contributed by atoms with Gasteiger partial charge in [0.1, 0.15) is 17.2 Å². The lowest BCUT2D eigenvalue weighted by molar-refractivity contribution is -0.118. The highest BCUT2D eigenvalue weighted by atomic mass is 16.5. The van der Waals surface area contributed by atoms with E-state index < -0.39 is 11.9 Å². The lowest BCUT2D eigenvalue weighted by atomic mass is 10.1. The predicted octanol–water partition coefficient (Wildman–Crippen LogP) is 4.19. The number of carbonyl (C=O) groups is 2. The number of para-hydroxylation sites is 2. The number of hydrogen-bond acceptors (Lipinski definition) is 4. The van der Waals surface area contributed by atoms with Crippen molar-refractivity contribution in [3.05, 3.63) is 84.4 Å². The van der Waals surface area contributed by atoms with E-state index in [1.54, 1.807) is 36.4 Å². The molecule has 0 aliphatic carbocycles. The summed E-state index contributed by atoms with van der Waals surface area (Å²) in [7, 11) is 0. The first kappa shape index (κ1) is 18.0. The summed E-state index contributed by atoms with van der Waals surface area (Å²) in [5.74, 6) is -0.0678. The molecular formula is C21H17NO5. The van der Waals surface area contributed by atoms with Gasteiger partial charge in [-0.3, -0.25) is 4.79 Å². The second-order valence-electron chi connectivity index (χ2n) is 5.58. The molecule has 3 aromatic rings. The third-order valence-corrected chi connectivity index (χ3v) is 3.59. The average molecular weight is 363 g/mol. The van der Waals surface area contributed by atoms with Crippen molar-refractivity contribution in [1.82, 2.24) is 0 Å². The summed E-state index contributed by atoms with van der Waals surface area (Å²) in [5, 5.41) is 11.9. The van der Waals surface area contributed by atoms with Crippen LogP contribution in [0.4, 0.5) is 5.69 Å². The molecule has 2 N–H and O–H groups in total. The van der Waals surface area contributed by atoms with Gasteiger partial charge < -0.3 is 19.9 Å². The van der Waals surface area contributed by atoms with Gasteiger partial charge in [0.05, 0.1) is 11.3 Å². The number of anilines is 1. The molecule has 1 amide bonds. The van der Waals surface area contributed by atoms with E-state index in [-0.39, 0.29) is 17.9 Å². The summed E-state index contributed by atoms with van der Waals surface area (Å²) >= 11 is 0. The van der Waals surface area contributed by atoms with Crippen molar-refractivity contribution in [2.24, 2.45) is 0 Å². The molecule has 0 radical (unpaired) electrons. The van der Waals surface area contributed by atoms with E-state index in [9.17, 15) is 14.7 Å². The van der Waals surface area contributed by atoms with Crippen molar-refractivity contribution < 1.29 is 24.2 Å². The number of nitrogens with one attached hydrogen (secondary N) is 1. The fraction of sp³-hybridized carbons (Fsp3) is 0.0476. The van der Waals surface area contributed by atoms with Gasteiger partial charge in [-0.1, -0.05) is 36.4 Å². The SMILES string of the molecule is O=C(COc1ccccc1)Nc1cc(Oc2ccccc2)ccc1C(=O)O. The molecule has 6 nitrogen and oxygen atoms in total. The summed E-state index contributed by atoms with van der Waals surface area (Å²) in [6.07, 6.45) is 0. The summed E-state index contributed by atoms with van der Waals surface area (Å²) < 4.78 is 11.1. The first-order valence-corrected chi connectivity index (χ1v) is 8.20. The summed E-state index contributed by atoms with van der Waals surface area (Å²) in [5.41, 5.74) is 0.0982. The number of aromatic carboxylic acids is 1. The zero-order valence-corrected chi connectivity index (χ0v) is 14.3. The van der Waals surface area contributed by atoms with Crippen molar-refractivity contribution in [3.63, 3.8) is 0 Å². The summed E-state index contributed by atoms with van der Waals surface area (Å²) in [6.45, 7) is -0.243. The van der Waals surface area contributed by atoms with E-state index in [4.69, 9.17) is 9.47 Å². The number of rotatable bonds is 7. The van der Waals surface area contributed by atoms with Gasteiger partial charge in [0.2, 0.25) is 0 Å². The van der Waals surface area contributed by atoms with Crippen molar-refractivity contribution in [3.8, 4) is 17.2 Å². The Balaban J connectivity index is 1.72. The van der Waals surface area contributed by atoms with Gasteiger partial charge in [0, 0.05) is 6.07 Å². The van der Waals surface area contributed by atoms with Gasteiger partial charge in [-0.15, -0.1) is 0 Å². The second kappa shape index (κ2) is 8.53. The molecule has 0 unspecified atom stereocenters. The van der Waals surface area contributed by atoms with E-state index in [0.717, 1.165) is 0 Å². The number of carboxylic acids is 1. The van der Waals surface area contributed by atoms with Crippen LogP contribution in [0.5, 0.6) is 17.2 Å². The topological polar surface area (TPSA) is 84.9 Å². The lowest BCUT2D eigenvalue weighted by Crippen LogP contribution is -2.21. The highest BCUT2D eigenvalue weighted by molar-refractivity contribution is 6.01. The maximum Gasteiger partial charge on any atom is 0.337 e. The molecular weight excluding hydrogens is 346 g/mol. The van der Waals surface area contributed by atoms with Crippen LogP contribution in [0.1, 0.15) is 10.4 Å². The average Bonchev–Trinajstić information content (AvgIpc) is 2.68. The Bertz CT molecular complexity index is 926. The van der Waals surface area contributed by atoms with Crippen molar-refractivity contribution >= 4 is 17.6 Å². The highest BCUT2D eigenvalue weighted by Crippen LogP contribution is 2.27. The molecule has 136 valence electrons. The van der Waals surface area contributed by atoms with Crippen LogP contribution in [0.3, 0.4) is 0 Å². The molecule has 3 aromatic carbocycles. The van der Waals surface area contributed by atoms with Crippen LogP contribution >= 0.6 is 0 Å². The van der Waals surface area contributed by atoms with Crippen LogP contribution in [0.25, 0.3) is 0 Å². The van der Waals surface area contributed by atoms with E-state index in [1.165, 1.54) is 18.2 Å². The first-order chi connectivity index (χ1) is 13.1. The van der Waals surface area contributed by atoms with Gasteiger partial charge in [0.25, 0.3) is 5.91 Å². The van der Waals surface area contributed by atoms with Gasteiger partial charge in [-0.25, -0.2) is 4.79 Å². The minimum Gasteiger partial charge on any atom is -0.484 e. The molecule has 0 heterocycles. The van der Waals surface area contributed by atoms with Crippen LogP contribution in [0.2, 0.25) is 0 Å². The number of carbonyl (C=O) groups excluding carboxylic acids is 1. The van der Waals surface area contributed by atoms with Gasteiger partial charge in [0.15, 0.2) is 6.61 Å². The van der Waals surface area contributed by atoms with Gasteiger partial charge in [-0.2, -0.15) is 0 Å². The van der Waals surface area contributed by atoms with E-state index >= 15 is 0 Å². The number of ether oxygens (including phenoxy) is 2. The number of benzene rings is 3. The Labute approximate surface area is 156 Å². The molecule has 0 spiro atoms. The Kier molecular flexibility index (Phi) is 5.69. The third kappa shape index (κ3) is 5.09. The van der Waals surface area contributed by atoms with Crippen LogP contribution in [0, 0.1) is 0 Å². The largest absolute Gasteiger partial charge is 0.484 e. The summed E-state index contributed by atoms with van der Waals surface area (Å²) in [4.78, 5) is 23.6. The molecule has 6 heteroatoms. The Morgan fingerprint density at radius 1 is 0.815 bits per heavy atom. The fourth-order valence-corrected chi connectivity index (χ4v) is 2.35. The first-order valence-electron chi connectivity index (χ1n) is 8.20. The van der Waals surface area contributed by atoms with E-state index in [0.29, 0.717) is 17.2 Å². The zero-order chi connectivity index (χ0) is 19.1. The molecule has 0 aromatic heterocycles. The molecule has 0 saturated heterocycles. The number of hydrogen-bond donors (Lipinski definition) is 2. The molecule has 0 aliphatic rings. The number of amides is 1. The minimum absolute atomic E-state index is 0.0385. The van der Waals surface area contributed by atoms with Crippen molar-refractivity contribution in [2.75, 3.05) is 11.9 Å². The Morgan fingerprint density at radius 2 is 1.44 bits per heavy atom. The van der Waals surface area contributed by atoms with Gasteiger partial charge in [-0.05, 0) is 36.4 Å².